The van der Waals surface area contributed by atoms with E-state index in [0.29, 0.717) is 5.56 Å². The molecule has 0 saturated heterocycles. The van der Waals surface area contributed by atoms with Gasteiger partial charge in [-0.1, -0.05) is 6.07 Å². The molecule has 6 heteroatoms. The fraction of sp³-hybridized carbons (Fsp3) is 0.133. The Bertz CT molecular complexity index is 797. The van der Waals surface area contributed by atoms with Gasteiger partial charge in [-0.3, -0.25) is 9.48 Å². The summed E-state index contributed by atoms with van der Waals surface area (Å²) in [6.45, 7) is 1.83. The molecule has 3 rings (SSSR count). The van der Waals surface area contributed by atoms with Crippen LogP contribution in [0.25, 0.3) is 16.0 Å². The molecule has 3 aromatic heterocycles. The highest BCUT2D eigenvalue weighted by Gasteiger charge is 2.10. The number of thiazole rings is 1. The normalized spacial score (nSPS) is 11.3. The molecular formula is C15H13N3OS2. The summed E-state index contributed by atoms with van der Waals surface area (Å²) in [7, 11) is 1.81. The van der Waals surface area contributed by atoms with E-state index >= 15 is 0 Å². The summed E-state index contributed by atoms with van der Waals surface area (Å²) in [4.78, 5) is 17.8. The van der Waals surface area contributed by atoms with Crippen molar-refractivity contribution in [3.8, 4) is 9.88 Å². The highest BCUT2D eigenvalue weighted by atomic mass is 32.1. The lowest BCUT2D eigenvalue weighted by Crippen LogP contribution is -1.94. The van der Waals surface area contributed by atoms with Crippen molar-refractivity contribution in [1.29, 1.82) is 0 Å². The molecule has 0 bridgehead atoms. The highest BCUT2D eigenvalue weighted by molar-refractivity contribution is 7.20. The number of nitrogens with zero attached hydrogens (tertiary/aromatic N) is 3. The van der Waals surface area contributed by atoms with Crippen LogP contribution in [0.1, 0.15) is 21.7 Å². The Labute approximate surface area is 130 Å². The van der Waals surface area contributed by atoms with E-state index in [0.717, 1.165) is 21.3 Å². The topological polar surface area (TPSA) is 47.8 Å². The summed E-state index contributed by atoms with van der Waals surface area (Å²) >= 11 is 3.24. The van der Waals surface area contributed by atoms with Crippen LogP contribution in [0.2, 0.25) is 0 Å². The maximum atomic E-state index is 12.1. The van der Waals surface area contributed by atoms with Gasteiger partial charge in [0.2, 0.25) is 0 Å². The number of carbonyl (C=O) groups is 1. The van der Waals surface area contributed by atoms with E-state index in [9.17, 15) is 4.79 Å². The van der Waals surface area contributed by atoms with E-state index in [1.807, 2.05) is 29.8 Å². The van der Waals surface area contributed by atoms with Gasteiger partial charge in [0, 0.05) is 18.6 Å². The maximum Gasteiger partial charge on any atom is 0.189 e. The van der Waals surface area contributed by atoms with Crippen molar-refractivity contribution in [2.75, 3.05) is 0 Å². The van der Waals surface area contributed by atoms with Gasteiger partial charge in [0.15, 0.2) is 5.78 Å². The second-order valence-corrected chi connectivity index (χ2v) is 6.36. The van der Waals surface area contributed by atoms with Crippen molar-refractivity contribution >= 4 is 34.5 Å². The van der Waals surface area contributed by atoms with Crippen molar-refractivity contribution in [2.24, 2.45) is 7.05 Å². The standard InChI is InChI=1S/C15H13N3OS2/c1-10-12(8-18(2)17-10)13(19)6-5-11-9-21-15(16-11)14-4-3-7-20-14/h3-9H,1-2H3/b6-5+. The summed E-state index contributed by atoms with van der Waals surface area (Å²) in [6.07, 6.45) is 5.04. The minimum atomic E-state index is -0.0497. The van der Waals surface area contributed by atoms with Crippen molar-refractivity contribution in [3.63, 3.8) is 0 Å². The zero-order valence-electron chi connectivity index (χ0n) is 11.6. The van der Waals surface area contributed by atoms with Crippen molar-refractivity contribution in [1.82, 2.24) is 14.8 Å². The van der Waals surface area contributed by atoms with E-state index in [4.69, 9.17) is 0 Å². The summed E-state index contributed by atoms with van der Waals surface area (Å²) < 4.78 is 1.65. The summed E-state index contributed by atoms with van der Waals surface area (Å²) in [6, 6.07) is 4.05. The maximum absolute atomic E-state index is 12.1. The van der Waals surface area contributed by atoms with Gasteiger partial charge in [-0.2, -0.15) is 5.10 Å². The summed E-state index contributed by atoms with van der Waals surface area (Å²) in [5.41, 5.74) is 2.17. The Morgan fingerprint density at radius 3 is 2.90 bits per heavy atom. The Kier molecular flexibility index (Phi) is 3.81. The van der Waals surface area contributed by atoms with Crippen LogP contribution >= 0.6 is 22.7 Å². The molecule has 0 saturated carbocycles. The molecule has 0 aromatic carbocycles. The molecule has 4 nitrogen and oxygen atoms in total. The molecule has 0 atom stereocenters. The van der Waals surface area contributed by atoms with Gasteiger partial charge in [-0.05, 0) is 30.5 Å². The second kappa shape index (κ2) is 5.75. The number of aromatic nitrogens is 3. The molecular weight excluding hydrogens is 302 g/mol. The average Bonchev–Trinajstić information content (AvgIpc) is 3.15. The summed E-state index contributed by atoms with van der Waals surface area (Å²) in [5.74, 6) is -0.0497. The fourth-order valence-electron chi connectivity index (χ4n) is 1.97. The van der Waals surface area contributed by atoms with E-state index in [1.165, 1.54) is 0 Å². The van der Waals surface area contributed by atoms with Crippen LogP contribution in [0.5, 0.6) is 0 Å². The first-order valence-electron chi connectivity index (χ1n) is 6.35. The predicted molar refractivity (Wildman–Crippen MR) is 86.7 cm³/mol. The quantitative estimate of drug-likeness (QED) is 0.543. The molecule has 0 radical (unpaired) electrons. The summed E-state index contributed by atoms with van der Waals surface area (Å²) in [5, 5.41) is 9.14. The molecule has 106 valence electrons. The number of hydrogen-bond donors (Lipinski definition) is 0. The minimum absolute atomic E-state index is 0.0497. The van der Waals surface area contributed by atoms with Crippen molar-refractivity contribution in [2.45, 2.75) is 6.92 Å². The third-order valence-electron chi connectivity index (χ3n) is 2.94. The SMILES string of the molecule is Cc1nn(C)cc1C(=O)/C=C/c1csc(-c2cccs2)n1. The largest absolute Gasteiger partial charge is 0.289 e. The van der Waals surface area contributed by atoms with Gasteiger partial charge >= 0.3 is 0 Å². The monoisotopic (exact) mass is 315 g/mol. The Morgan fingerprint density at radius 2 is 2.24 bits per heavy atom. The van der Waals surface area contributed by atoms with Crippen LogP contribution in [0.4, 0.5) is 0 Å². The molecule has 0 aliphatic rings. The number of hydrogen-bond acceptors (Lipinski definition) is 5. The highest BCUT2D eigenvalue weighted by Crippen LogP contribution is 2.28. The lowest BCUT2D eigenvalue weighted by Gasteiger charge is -1.90. The smallest absolute Gasteiger partial charge is 0.189 e. The molecule has 0 N–H and O–H groups in total. The van der Waals surface area contributed by atoms with Crippen LogP contribution in [0.15, 0.2) is 35.2 Å². The Hall–Kier alpha value is -2.05. The zero-order valence-corrected chi connectivity index (χ0v) is 13.2. The Balaban J connectivity index is 1.77. The van der Waals surface area contributed by atoms with Crippen molar-refractivity contribution < 1.29 is 4.79 Å². The van der Waals surface area contributed by atoms with Crippen molar-refractivity contribution in [3.05, 3.63) is 52.1 Å². The van der Waals surface area contributed by atoms with E-state index < -0.39 is 0 Å². The van der Waals surface area contributed by atoms with Crippen LogP contribution in [0, 0.1) is 6.92 Å². The molecule has 0 spiro atoms. The van der Waals surface area contributed by atoms with Gasteiger partial charge in [-0.25, -0.2) is 4.98 Å². The number of ketones is 1. The first kappa shape index (κ1) is 13.9. The third kappa shape index (κ3) is 3.01. The van der Waals surface area contributed by atoms with Gasteiger partial charge in [0.25, 0.3) is 0 Å². The molecule has 0 aliphatic carbocycles. The number of allylic oxidation sites excluding steroid dienone is 1. The number of carbonyl (C=O) groups excluding carboxylic acids is 1. The number of aryl methyl sites for hydroxylation is 2. The number of rotatable bonds is 4. The third-order valence-corrected chi connectivity index (χ3v) is 4.84. The predicted octanol–water partition coefficient (Wildman–Crippen LogP) is 3.81. The van der Waals surface area contributed by atoms with Crippen LogP contribution in [-0.2, 0) is 7.05 Å². The molecule has 0 aliphatic heterocycles. The first-order valence-corrected chi connectivity index (χ1v) is 8.11. The molecule has 0 unspecified atom stereocenters. The molecule has 0 amide bonds. The minimum Gasteiger partial charge on any atom is -0.289 e. The molecule has 21 heavy (non-hydrogen) atoms. The first-order chi connectivity index (χ1) is 10.1. The van der Waals surface area contributed by atoms with Crippen LogP contribution in [-0.4, -0.2) is 20.5 Å². The van der Waals surface area contributed by atoms with Gasteiger partial charge < -0.3 is 0 Å². The van der Waals surface area contributed by atoms with Crippen LogP contribution in [0.3, 0.4) is 0 Å². The van der Waals surface area contributed by atoms with Gasteiger partial charge in [-0.15, -0.1) is 22.7 Å². The van der Waals surface area contributed by atoms with E-state index in [1.54, 1.807) is 52.8 Å². The van der Waals surface area contributed by atoms with Crippen LogP contribution < -0.4 is 0 Å². The Morgan fingerprint density at radius 1 is 1.38 bits per heavy atom. The van der Waals surface area contributed by atoms with E-state index in [2.05, 4.69) is 10.1 Å². The molecule has 3 heterocycles. The zero-order chi connectivity index (χ0) is 14.8. The lowest BCUT2D eigenvalue weighted by molar-refractivity contribution is 0.104. The second-order valence-electron chi connectivity index (χ2n) is 4.55. The molecule has 3 aromatic rings. The lowest BCUT2D eigenvalue weighted by atomic mass is 10.1. The number of thiophene rings is 1. The van der Waals surface area contributed by atoms with Gasteiger partial charge in [0.05, 0.1) is 21.8 Å². The van der Waals surface area contributed by atoms with Gasteiger partial charge in [0.1, 0.15) is 5.01 Å². The van der Waals surface area contributed by atoms with E-state index in [-0.39, 0.29) is 5.78 Å². The average molecular weight is 315 g/mol. The molecule has 0 fully saturated rings. The fourth-order valence-corrected chi connectivity index (χ4v) is 3.57.